The van der Waals surface area contributed by atoms with Crippen molar-refractivity contribution in [2.75, 3.05) is 13.7 Å². The second kappa shape index (κ2) is 7.50. The Bertz CT molecular complexity index is 422. The molecule has 0 fully saturated rings. The van der Waals surface area contributed by atoms with E-state index in [-0.39, 0.29) is 6.54 Å². The summed E-state index contributed by atoms with van der Waals surface area (Å²) in [5.41, 5.74) is 6.09. The lowest BCUT2D eigenvalue weighted by atomic mass is 10.0. The van der Waals surface area contributed by atoms with Gasteiger partial charge in [0.2, 0.25) is 5.91 Å². The largest absolute Gasteiger partial charge is 0.467 e. The molecule has 0 saturated carbocycles. The third-order valence-electron chi connectivity index (χ3n) is 2.65. The maximum Gasteiger partial charge on any atom is 0.336 e. The van der Waals surface area contributed by atoms with Gasteiger partial charge in [-0.25, -0.2) is 4.79 Å². The molecule has 0 aliphatic heterocycles. The van der Waals surface area contributed by atoms with Crippen LogP contribution >= 0.6 is 0 Å². The molecule has 6 heteroatoms. The van der Waals surface area contributed by atoms with Crippen LogP contribution in [-0.2, 0) is 20.7 Å². The molecule has 0 bridgehead atoms. The van der Waals surface area contributed by atoms with Gasteiger partial charge in [0.05, 0.1) is 19.7 Å². The summed E-state index contributed by atoms with van der Waals surface area (Å²) in [4.78, 5) is 22.7. The summed E-state index contributed by atoms with van der Waals surface area (Å²) in [5.74, 6) is -1.23. The van der Waals surface area contributed by atoms with Crippen LogP contribution in [-0.4, -0.2) is 42.8 Å². The van der Waals surface area contributed by atoms with Crippen LogP contribution in [0.2, 0.25) is 0 Å². The average Bonchev–Trinajstić information content (AvgIpc) is 2.45. The summed E-state index contributed by atoms with van der Waals surface area (Å²) in [7, 11) is 1.18. The van der Waals surface area contributed by atoms with Gasteiger partial charge in [-0.05, 0) is 12.0 Å². The quantitative estimate of drug-likeness (QED) is 0.585. The van der Waals surface area contributed by atoms with E-state index in [0.717, 1.165) is 5.56 Å². The first-order valence-electron chi connectivity index (χ1n) is 5.87. The average molecular weight is 266 g/mol. The Balaban J connectivity index is 2.80. The van der Waals surface area contributed by atoms with Crippen LogP contribution in [0.3, 0.4) is 0 Å². The highest BCUT2D eigenvalue weighted by molar-refractivity contribution is 5.80. The van der Waals surface area contributed by atoms with Gasteiger partial charge in [-0.2, -0.15) is 0 Å². The predicted octanol–water partition coefficient (Wildman–Crippen LogP) is -0.793. The summed E-state index contributed by atoms with van der Waals surface area (Å²) in [6, 6.07) is 8.43. The number of carbonyl (C=O) groups is 2. The number of aliphatic hydroxyl groups excluding tert-OH is 1. The van der Waals surface area contributed by atoms with Gasteiger partial charge in [0, 0.05) is 0 Å². The van der Waals surface area contributed by atoms with Crippen molar-refractivity contribution in [1.82, 2.24) is 5.32 Å². The maximum absolute atomic E-state index is 11.4. The molecule has 0 aliphatic carbocycles. The van der Waals surface area contributed by atoms with Crippen LogP contribution in [0.5, 0.6) is 0 Å². The Hall–Kier alpha value is -1.92. The molecule has 0 heterocycles. The third-order valence-corrected chi connectivity index (χ3v) is 2.65. The normalized spacial score (nSPS) is 13.4. The first-order chi connectivity index (χ1) is 9.08. The minimum absolute atomic E-state index is 0.209. The lowest BCUT2D eigenvalue weighted by Gasteiger charge is -2.22. The molecule has 1 aromatic rings. The van der Waals surface area contributed by atoms with E-state index in [1.807, 2.05) is 30.3 Å². The number of aliphatic hydroxyl groups is 1. The molecule has 0 aliphatic rings. The minimum atomic E-state index is -1.43. The van der Waals surface area contributed by atoms with Gasteiger partial charge in [-0.1, -0.05) is 30.3 Å². The zero-order valence-corrected chi connectivity index (χ0v) is 10.7. The summed E-state index contributed by atoms with van der Waals surface area (Å²) in [6.45, 7) is -0.209. The standard InChI is InChI=1S/C13H18N2O4/c1-19-13(18)12(17)10(15-11(16)8-14)7-9-5-3-2-4-6-9/h2-6,10,12,17H,7-8,14H2,1H3,(H,15,16). The highest BCUT2D eigenvalue weighted by Crippen LogP contribution is 2.07. The Labute approximate surface area is 111 Å². The van der Waals surface area contributed by atoms with Crippen molar-refractivity contribution in [2.24, 2.45) is 5.73 Å². The molecule has 19 heavy (non-hydrogen) atoms. The van der Waals surface area contributed by atoms with Crippen LogP contribution in [0.25, 0.3) is 0 Å². The van der Waals surface area contributed by atoms with Crippen LogP contribution in [0.1, 0.15) is 5.56 Å². The van der Waals surface area contributed by atoms with Crippen molar-refractivity contribution >= 4 is 11.9 Å². The van der Waals surface area contributed by atoms with Crippen molar-refractivity contribution < 1.29 is 19.4 Å². The summed E-state index contributed by atoms with van der Waals surface area (Å²) >= 11 is 0. The number of methoxy groups -OCH3 is 1. The van der Waals surface area contributed by atoms with Crippen molar-refractivity contribution in [3.8, 4) is 0 Å². The zero-order chi connectivity index (χ0) is 14.3. The van der Waals surface area contributed by atoms with E-state index in [4.69, 9.17) is 5.73 Å². The van der Waals surface area contributed by atoms with Crippen LogP contribution in [0, 0.1) is 0 Å². The molecule has 0 spiro atoms. The minimum Gasteiger partial charge on any atom is -0.467 e. The summed E-state index contributed by atoms with van der Waals surface area (Å²) < 4.78 is 4.47. The fourth-order valence-corrected chi connectivity index (χ4v) is 1.66. The van der Waals surface area contributed by atoms with E-state index in [1.54, 1.807) is 0 Å². The number of rotatable bonds is 6. The SMILES string of the molecule is COC(=O)C(O)C(Cc1ccccc1)NC(=O)CN. The van der Waals surface area contributed by atoms with E-state index in [1.165, 1.54) is 7.11 Å². The van der Waals surface area contributed by atoms with Gasteiger partial charge < -0.3 is 20.9 Å². The molecule has 1 amide bonds. The summed E-state index contributed by atoms with van der Waals surface area (Å²) in [5, 5.41) is 12.4. The number of esters is 1. The monoisotopic (exact) mass is 266 g/mol. The number of carbonyl (C=O) groups excluding carboxylic acids is 2. The number of amides is 1. The van der Waals surface area contributed by atoms with Crippen LogP contribution < -0.4 is 11.1 Å². The molecule has 1 aromatic carbocycles. The van der Waals surface area contributed by atoms with Crippen molar-refractivity contribution in [1.29, 1.82) is 0 Å². The topological polar surface area (TPSA) is 102 Å². The van der Waals surface area contributed by atoms with Crippen molar-refractivity contribution in [3.05, 3.63) is 35.9 Å². The second-order valence-electron chi connectivity index (χ2n) is 4.04. The molecule has 1 rings (SSSR count). The van der Waals surface area contributed by atoms with Gasteiger partial charge in [0.25, 0.3) is 0 Å². The maximum atomic E-state index is 11.4. The Kier molecular flexibility index (Phi) is 5.98. The number of nitrogens with one attached hydrogen (secondary N) is 1. The van der Waals surface area contributed by atoms with E-state index >= 15 is 0 Å². The second-order valence-corrected chi connectivity index (χ2v) is 4.04. The van der Waals surface area contributed by atoms with E-state index in [0.29, 0.717) is 6.42 Å². The highest BCUT2D eigenvalue weighted by atomic mass is 16.5. The molecular weight excluding hydrogens is 248 g/mol. The smallest absolute Gasteiger partial charge is 0.336 e. The Morgan fingerprint density at radius 2 is 2.00 bits per heavy atom. The molecule has 104 valence electrons. The lowest BCUT2D eigenvalue weighted by molar-refractivity contribution is -0.152. The molecule has 0 radical (unpaired) electrons. The van der Waals surface area contributed by atoms with E-state index in [9.17, 15) is 14.7 Å². The Morgan fingerprint density at radius 3 is 2.53 bits per heavy atom. The molecule has 2 atom stereocenters. The fraction of sp³-hybridized carbons (Fsp3) is 0.385. The van der Waals surface area contributed by atoms with Gasteiger partial charge in [0.1, 0.15) is 0 Å². The molecule has 2 unspecified atom stereocenters. The molecule has 0 saturated heterocycles. The van der Waals surface area contributed by atoms with Gasteiger partial charge in [-0.15, -0.1) is 0 Å². The van der Waals surface area contributed by atoms with Crippen molar-refractivity contribution in [3.63, 3.8) is 0 Å². The Morgan fingerprint density at radius 1 is 1.37 bits per heavy atom. The molecule has 0 aromatic heterocycles. The van der Waals surface area contributed by atoms with Gasteiger partial charge in [0.15, 0.2) is 6.10 Å². The third kappa shape index (κ3) is 4.69. The lowest BCUT2D eigenvalue weighted by Crippen LogP contribution is -2.50. The summed E-state index contributed by atoms with van der Waals surface area (Å²) in [6.07, 6.45) is -1.12. The fourth-order valence-electron chi connectivity index (χ4n) is 1.66. The zero-order valence-electron chi connectivity index (χ0n) is 10.7. The van der Waals surface area contributed by atoms with E-state index < -0.39 is 24.0 Å². The van der Waals surface area contributed by atoms with Crippen molar-refractivity contribution in [2.45, 2.75) is 18.6 Å². The first-order valence-corrected chi connectivity index (χ1v) is 5.87. The number of ether oxygens (including phenoxy) is 1. The number of hydrogen-bond donors (Lipinski definition) is 3. The first kappa shape index (κ1) is 15.1. The number of nitrogens with two attached hydrogens (primary N) is 1. The number of benzene rings is 1. The molecule has 6 nitrogen and oxygen atoms in total. The van der Waals surface area contributed by atoms with Crippen LogP contribution in [0.15, 0.2) is 30.3 Å². The predicted molar refractivity (Wildman–Crippen MR) is 69.2 cm³/mol. The van der Waals surface area contributed by atoms with Gasteiger partial charge in [-0.3, -0.25) is 4.79 Å². The number of hydrogen-bond acceptors (Lipinski definition) is 5. The molecule has 4 N–H and O–H groups in total. The molecular formula is C13H18N2O4. The van der Waals surface area contributed by atoms with Gasteiger partial charge >= 0.3 is 5.97 Å². The highest BCUT2D eigenvalue weighted by Gasteiger charge is 2.28. The van der Waals surface area contributed by atoms with E-state index in [2.05, 4.69) is 10.1 Å². The van der Waals surface area contributed by atoms with Crippen LogP contribution in [0.4, 0.5) is 0 Å².